The van der Waals surface area contributed by atoms with Gasteiger partial charge in [0.2, 0.25) is 0 Å². The van der Waals surface area contributed by atoms with Gasteiger partial charge in [-0.2, -0.15) is 0 Å². The largest absolute Gasteiger partial charge is 0.380 e. The van der Waals surface area contributed by atoms with E-state index < -0.39 is 0 Å². The number of likely N-dealkylation sites (N-methyl/N-ethyl adjacent to an activating group) is 1. The van der Waals surface area contributed by atoms with Crippen molar-refractivity contribution in [2.45, 2.75) is 47.6 Å². The molecule has 2 heteroatoms. The SMILES string of the molecule is CC.CCOCCN(CC)C(C)C. The second-order valence-electron chi connectivity index (χ2n) is 2.92. The average Bonchev–Trinajstić information content (AvgIpc) is 2.15. The van der Waals surface area contributed by atoms with Crippen molar-refractivity contribution in [3.05, 3.63) is 0 Å². The van der Waals surface area contributed by atoms with Crippen molar-refractivity contribution in [3.8, 4) is 0 Å². The molecule has 0 aromatic heterocycles. The molecule has 0 unspecified atom stereocenters. The molecule has 2 nitrogen and oxygen atoms in total. The van der Waals surface area contributed by atoms with Crippen LogP contribution in [0.2, 0.25) is 0 Å². The molecular weight excluding hydrogens is 162 g/mol. The first-order chi connectivity index (χ1) is 6.22. The molecule has 0 spiro atoms. The fourth-order valence-corrected chi connectivity index (χ4v) is 1.11. The monoisotopic (exact) mass is 189 g/mol. The van der Waals surface area contributed by atoms with E-state index in [1.807, 2.05) is 20.8 Å². The first-order valence-corrected chi connectivity index (χ1v) is 5.54. The zero-order chi connectivity index (χ0) is 10.7. The normalized spacial score (nSPS) is 10.2. The molecule has 0 bridgehead atoms. The number of rotatable bonds is 6. The molecule has 0 saturated heterocycles. The van der Waals surface area contributed by atoms with Gasteiger partial charge in [0.1, 0.15) is 0 Å². The third kappa shape index (κ3) is 9.84. The first-order valence-electron chi connectivity index (χ1n) is 5.54. The fraction of sp³-hybridized carbons (Fsp3) is 1.00. The van der Waals surface area contributed by atoms with Crippen LogP contribution in [-0.4, -0.2) is 37.2 Å². The predicted octanol–water partition coefficient (Wildman–Crippen LogP) is 2.78. The van der Waals surface area contributed by atoms with Crippen LogP contribution in [0.4, 0.5) is 0 Å². The summed E-state index contributed by atoms with van der Waals surface area (Å²) in [6, 6.07) is 0.639. The molecule has 0 radical (unpaired) electrons. The Hall–Kier alpha value is -0.0800. The van der Waals surface area contributed by atoms with Crippen LogP contribution in [0, 0.1) is 0 Å². The van der Waals surface area contributed by atoms with Crippen molar-refractivity contribution in [1.29, 1.82) is 0 Å². The van der Waals surface area contributed by atoms with E-state index in [-0.39, 0.29) is 0 Å². The van der Waals surface area contributed by atoms with Crippen molar-refractivity contribution in [3.63, 3.8) is 0 Å². The van der Waals surface area contributed by atoms with E-state index in [4.69, 9.17) is 4.74 Å². The summed E-state index contributed by atoms with van der Waals surface area (Å²) in [4.78, 5) is 2.40. The molecule has 0 atom stereocenters. The maximum Gasteiger partial charge on any atom is 0.0593 e. The number of nitrogens with zero attached hydrogens (tertiary/aromatic N) is 1. The number of hydrogen-bond acceptors (Lipinski definition) is 2. The lowest BCUT2D eigenvalue weighted by Crippen LogP contribution is -2.33. The van der Waals surface area contributed by atoms with Crippen LogP contribution in [0.25, 0.3) is 0 Å². The van der Waals surface area contributed by atoms with E-state index in [2.05, 4.69) is 25.7 Å². The molecule has 0 aromatic carbocycles. The van der Waals surface area contributed by atoms with Crippen LogP contribution in [0.1, 0.15) is 41.5 Å². The van der Waals surface area contributed by atoms with Crippen LogP contribution in [0.15, 0.2) is 0 Å². The minimum absolute atomic E-state index is 0.639. The van der Waals surface area contributed by atoms with Crippen LogP contribution >= 0.6 is 0 Å². The Morgan fingerprint density at radius 1 is 1.15 bits per heavy atom. The Morgan fingerprint density at radius 2 is 1.69 bits per heavy atom. The highest BCUT2D eigenvalue weighted by Crippen LogP contribution is 1.96. The molecule has 0 fully saturated rings. The Morgan fingerprint density at radius 3 is 2.00 bits per heavy atom. The molecule has 0 aliphatic heterocycles. The highest BCUT2D eigenvalue weighted by atomic mass is 16.5. The van der Waals surface area contributed by atoms with Crippen LogP contribution in [-0.2, 0) is 4.74 Å². The molecule has 0 aliphatic rings. The lowest BCUT2D eigenvalue weighted by Gasteiger charge is -2.24. The zero-order valence-electron chi connectivity index (χ0n) is 10.3. The lowest BCUT2D eigenvalue weighted by atomic mass is 10.3. The number of ether oxygens (including phenoxy) is 1. The minimum Gasteiger partial charge on any atom is -0.380 e. The fourth-order valence-electron chi connectivity index (χ4n) is 1.11. The molecular formula is C11H27NO. The van der Waals surface area contributed by atoms with E-state index in [0.29, 0.717) is 6.04 Å². The molecule has 0 N–H and O–H groups in total. The van der Waals surface area contributed by atoms with Gasteiger partial charge in [-0.3, -0.25) is 4.90 Å². The van der Waals surface area contributed by atoms with E-state index in [1.165, 1.54) is 0 Å². The van der Waals surface area contributed by atoms with Crippen LogP contribution in [0.3, 0.4) is 0 Å². The van der Waals surface area contributed by atoms with Crippen molar-refractivity contribution in [1.82, 2.24) is 4.90 Å². The topological polar surface area (TPSA) is 12.5 Å². The molecule has 0 aliphatic carbocycles. The summed E-state index contributed by atoms with van der Waals surface area (Å²) in [7, 11) is 0. The summed E-state index contributed by atoms with van der Waals surface area (Å²) in [6.07, 6.45) is 0. The summed E-state index contributed by atoms with van der Waals surface area (Å²) in [6.45, 7) is 16.5. The first kappa shape index (κ1) is 15.4. The van der Waals surface area contributed by atoms with E-state index in [1.54, 1.807) is 0 Å². The lowest BCUT2D eigenvalue weighted by molar-refractivity contribution is 0.104. The molecule has 13 heavy (non-hydrogen) atoms. The zero-order valence-corrected chi connectivity index (χ0v) is 10.3. The second kappa shape index (κ2) is 11.9. The van der Waals surface area contributed by atoms with Gasteiger partial charge < -0.3 is 4.74 Å². The summed E-state index contributed by atoms with van der Waals surface area (Å²) in [5, 5.41) is 0. The Labute approximate surface area is 84.3 Å². The predicted molar refractivity (Wildman–Crippen MR) is 60.2 cm³/mol. The Kier molecular flexibility index (Phi) is 14.1. The van der Waals surface area contributed by atoms with Gasteiger partial charge in [-0.15, -0.1) is 0 Å². The highest BCUT2D eigenvalue weighted by Gasteiger charge is 2.04. The van der Waals surface area contributed by atoms with Crippen molar-refractivity contribution < 1.29 is 4.74 Å². The van der Waals surface area contributed by atoms with Gasteiger partial charge in [-0.1, -0.05) is 20.8 Å². The van der Waals surface area contributed by atoms with Gasteiger partial charge >= 0.3 is 0 Å². The molecule has 0 amide bonds. The summed E-state index contributed by atoms with van der Waals surface area (Å²) < 4.78 is 5.27. The number of hydrogen-bond donors (Lipinski definition) is 0. The van der Waals surface area contributed by atoms with Crippen LogP contribution < -0.4 is 0 Å². The van der Waals surface area contributed by atoms with Crippen molar-refractivity contribution in [2.24, 2.45) is 0 Å². The maximum absolute atomic E-state index is 5.27. The molecule has 0 heterocycles. The quantitative estimate of drug-likeness (QED) is 0.596. The minimum atomic E-state index is 0.639. The van der Waals surface area contributed by atoms with E-state index >= 15 is 0 Å². The standard InChI is InChI=1S/C9H21NO.C2H6/c1-5-10(9(3)4)7-8-11-6-2;1-2/h9H,5-8H2,1-4H3;1-2H3. The summed E-state index contributed by atoms with van der Waals surface area (Å²) in [5.74, 6) is 0. The van der Waals surface area contributed by atoms with Gasteiger partial charge in [0.15, 0.2) is 0 Å². The molecule has 0 rings (SSSR count). The smallest absolute Gasteiger partial charge is 0.0593 e. The van der Waals surface area contributed by atoms with Gasteiger partial charge in [0.25, 0.3) is 0 Å². The Balaban J connectivity index is 0. The third-order valence-electron chi connectivity index (χ3n) is 1.86. The Bertz CT molecular complexity index is 84.2. The van der Waals surface area contributed by atoms with E-state index in [9.17, 15) is 0 Å². The molecule has 82 valence electrons. The van der Waals surface area contributed by atoms with Gasteiger partial charge in [-0.25, -0.2) is 0 Å². The molecule has 0 aromatic rings. The van der Waals surface area contributed by atoms with Gasteiger partial charge in [-0.05, 0) is 27.3 Å². The highest BCUT2D eigenvalue weighted by molar-refractivity contribution is 4.59. The van der Waals surface area contributed by atoms with Gasteiger partial charge in [0, 0.05) is 19.2 Å². The summed E-state index contributed by atoms with van der Waals surface area (Å²) >= 11 is 0. The van der Waals surface area contributed by atoms with Crippen molar-refractivity contribution in [2.75, 3.05) is 26.3 Å². The molecule has 0 saturated carbocycles. The third-order valence-corrected chi connectivity index (χ3v) is 1.86. The average molecular weight is 189 g/mol. The van der Waals surface area contributed by atoms with Crippen LogP contribution in [0.5, 0.6) is 0 Å². The van der Waals surface area contributed by atoms with Gasteiger partial charge in [0.05, 0.1) is 6.61 Å². The van der Waals surface area contributed by atoms with Crippen molar-refractivity contribution >= 4 is 0 Å². The maximum atomic E-state index is 5.27. The van der Waals surface area contributed by atoms with E-state index in [0.717, 1.165) is 26.3 Å². The summed E-state index contributed by atoms with van der Waals surface area (Å²) in [5.41, 5.74) is 0. The second-order valence-corrected chi connectivity index (χ2v) is 2.92.